The van der Waals surface area contributed by atoms with Crippen LogP contribution in [0.4, 0.5) is 4.39 Å². The average Bonchev–Trinajstić information content (AvgIpc) is 2.74. The fraction of sp³-hybridized carbons (Fsp3) is 0.188. The highest BCUT2D eigenvalue weighted by Gasteiger charge is 2.11. The molecule has 0 bridgehead atoms. The van der Waals surface area contributed by atoms with E-state index in [-0.39, 0.29) is 11.6 Å². The Balaban J connectivity index is 2.06. The molecule has 0 fully saturated rings. The maximum absolute atomic E-state index is 13.3. The summed E-state index contributed by atoms with van der Waals surface area (Å²) in [7, 11) is 0. The summed E-state index contributed by atoms with van der Waals surface area (Å²) >= 11 is 0. The van der Waals surface area contributed by atoms with Gasteiger partial charge in [0, 0.05) is 19.0 Å². The molecule has 0 saturated carbocycles. The monoisotopic (exact) mass is 270 g/mol. The van der Waals surface area contributed by atoms with Gasteiger partial charge in [-0.1, -0.05) is 12.1 Å². The molecule has 0 aliphatic heterocycles. The molecule has 0 spiro atoms. The minimum Gasteiger partial charge on any atom is -0.508 e. The van der Waals surface area contributed by atoms with Gasteiger partial charge in [-0.15, -0.1) is 0 Å². The normalized spacial score (nSPS) is 11.1. The van der Waals surface area contributed by atoms with E-state index in [1.54, 1.807) is 18.2 Å². The number of imidazole rings is 1. The molecule has 20 heavy (non-hydrogen) atoms. The largest absolute Gasteiger partial charge is 0.508 e. The van der Waals surface area contributed by atoms with Gasteiger partial charge in [-0.2, -0.15) is 0 Å². The lowest BCUT2D eigenvalue weighted by Crippen LogP contribution is -2.02. The predicted octanol–water partition coefficient (Wildman–Crippen LogP) is 3.49. The molecule has 3 rings (SSSR count). The minimum absolute atomic E-state index is 0.243. The van der Waals surface area contributed by atoms with Crippen molar-refractivity contribution >= 4 is 11.0 Å². The average molecular weight is 270 g/mol. The maximum atomic E-state index is 13.3. The summed E-state index contributed by atoms with van der Waals surface area (Å²) in [5.41, 5.74) is 2.58. The van der Waals surface area contributed by atoms with E-state index < -0.39 is 0 Å². The van der Waals surface area contributed by atoms with Gasteiger partial charge >= 0.3 is 0 Å². The Labute approximate surface area is 116 Å². The van der Waals surface area contributed by atoms with E-state index in [4.69, 9.17) is 0 Å². The topological polar surface area (TPSA) is 38.0 Å². The van der Waals surface area contributed by atoms with Gasteiger partial charge in [0.2, 0.25) is 0 Å². The summed E-state index contributed by atoms with van der Waals surface area (Å²) in [5.74, 6) is 0.841. The molecule has 0 unspecified atom stereocenters. The van der Waals surface area contributed by atoms with Crippen LogP contribution in [0.15, 0.2) is 42.5 Å². The molecule has 0 aliphatic rings. The molecule has 0 radical (unpaired) electrons. The summed E-state index contributed by atoms with van der Waals surface area (Å²) < 4.78 is 15.3. The van der Waals surface area contributed by atoms with Gasteiger partial charge in [-0.3, -0.25) is 0 Å². The smallest absolute Gasteiger partial charge is 0.125 e. The number of rotatable bonds is 3. The number of phenolic OH excluding ortho intramolecular Hbond substituents is 1. The SMILES string of the molecule is CCn1c(Cc2cccc(O)c2)nc2cc(F)ccc21. The molecular formula is C16H15FN2O. The van der Waals surface area contributed by atoms with Crippen molar-refractivity contribution in [3.05, 3.63) is 59.7 Å². The van der Waals surface area contributed by atoms with E-state index >= 15 is 0 Å². The fourth-order valence-corrected chi connectivity index (χ4v) is 2.49. The first-order valence-corrected chi connectivity index (χ1v) is 6.60. The van der Waals surface area contributed by atoms with E-state index in [1.807, 2.05) is 19.1 Å². The van der Waals surface area contributed by atoms with Crippen LogP contribution < -0.4 is 0 Å². The van der Waals surface area contributed by atoms with Crippen molar-refractivity contribution in [3.63, 3.8) is 0 Å². The molecule has 0 saturated heterocycles. The van der Waals surface area contributed by atoms with Crippen molar-refractivity contribution in [1.82, 2.24) is 9.55 Å². The molecule has 0 atom stereocenters. The van der Waals surface area contributed by atoms with E-state index in [0.29, 0.717) is 11.9 Å². The van der Waals surface area contributed by atoms with Crippen molar-refractivity contribution in [2.24, 2.45) is 0 Å². The molecule has 4 heteroatoms. The van der Waals surface area contributed by atoms with Gasteiger partial charge in [0.05, 0.1) is 11.0 Å². The first kappa shape index (κ1) is 12.7. The minimum atomic E-state index is -0.276. The van der Waals surface area contributed by atoms with Crippen LogP contribution in [0.5, 0.6) is 5.75 Å². The van der Waals surface area contributed by atoms with Crippen LogP contribution in [0.1, 0.15) is 18.3 Å². The molecule has 3 aromatic rings. The molecule has 0 amide bonds. The lowest BCUT2D eigenvalue weighted by Gasteiger charge is -2.06. The van der Waals surface area contributed by atoms with Gasteiger partial charge < -0.3 is 9.67 Å². The number of hydrogen-bond donors (Lipinski definition) is 1. The first-order chi connectivity index (χ1) is 9.67. The third-order valence-corrected chi connectivity index (χ3v) is 3.38. The van der Waals surface area contributed by atoms with Gasteiger partial charge in [-0.25, -0.2) is 9.37 Å². The highest BCUT2D eigenvalue weighted by atomic mass is 19.1. The Bertz CT molecular complexity index is 764. The molecule has 1 N–H and O–H groups in total. The number of hydrogen-bond acceptors (Lipinski definition) is 2. The van der Waals surface area contributed by atoms with Crippen LogP contribution in [-0.2, 0) is 13.0 Å². The van der Waals surface area contributed by atoms with Crippen molar-refractivity contribution in [2.45, 2.75) is 19.9 Å². The third-order valence-electron chi connectivity index (χ3n) is 3.38. The zero-order valence-electron chi connectivity index (χ0n) is 11.2. The fourth-order valence-electron chi connectivity index (χ4n) is 2.49. The van der Waals surface area contributed by atoms with Gasteiger partial charge in [0.15, 0.2) is 0 Å². The zero-order valence-corrected chi connectivity index (χ0v) is 11.2. The second kappa shape index (κ2) is 4.96. The highest BCUT2D eigenvalue weighted by Crippen LogP contribution is 2.21. The third kappa shape index (κ3) is 2.25. The van der Waals surface area contributed by atoms with Crippen LogP contribution in [0.3, 0.4) is 0 Å². The molecule has 0 aliphatic carbocycles. The van der Waals surface area contributed by atoms with Crippen LogP contribution in [0.2, 0.25) is 0 Å². The van der Waals surface area contributed by atoms with E-state index in [1.165, 1.54) is 12.1 Å². The molecule has 1 aromatic heterocycles. The van der Waals surface area contributed by atoms with E-state index in [9.17, 15) is 9.50 Å². The molecular weight excluding hydrogens is 255 g/mol. The lowest BCUT2D eigenvalue weighted by atomic mass is 10.1. The number of halogens is 1. The summed E-state index contributed by atoms with van der Waals surface area (Å²) in [6.45, 7) is 2.81. The maximum Gasteiger partial charge on any atom is 0.125 e. The van der Waals surface area contributed by atoms with Gasteiger partial charge in [-0.05, 0) is 36.8 Å². The summed E-state index contributed by atoms with van der Waals surface area (Å²) in [6, 6.07) is 11.8. The Morgan fingerprint density at radius 2 is 2.05 bits per heavy atom. The molecule has 2 aromatic carbocycles. The number of fused-ring (bicyclic) bond motifs is 1. The van der Waals surface area contributed by atoms with Crippen LogP contribution in [-0.4, -0.2) is 14.7 Å². The predicted molar refractivity (Wildman–Crippen MR) is 76.3 cm³/mol. The lowest BCUT2D eigenvalue weighted by molar-refractivity contribution is 0.474. The van der Waals surface area contributed by atoms with Crippen LogP contribution in [0.25, 0.3) is 11.0 Å². The number of aromatic hydroxyl groups is 1. The number of nitrogens with zero attached hydrogens (tertiary/aromatic N) is 2. The number of phenols is 1. The molecule has 102 valence electrons. The Hall–Kier alpha value is -2.36. The second-order valence-corrected chi connectivity index (χ2v) is 4.75. The van der Waals surface area contributed by atoms with Crippen LogP contribution in [0, 0.1) is 5.82 Å². The molecule has 3 nitrogen and oxygen atoms in total. The van der Waals surface area contributed by atoms with Crippen molar-refractivity contribution in [3.8, 4) is 5.75 Å². The Morgan fingerprint density at radius 1 is 1.20 bits per heavy atom. The number of aromatic nitrogens is 2. The van der Waals surface area contributed by atoms with Crippen molar-refractivity contribution in [1.29, 1.82) is 0 Å². The van der Waals surface area contributed by atoms with Crippen molar-refractivity contribution < 1.29 is 9.50 Å². The molecule has 1 heterocycles. The zero-order chi connectivity index (χ0) is 14.1. The summed E-state index contributed by atoms with van der Waals surface area (Å²) in [4.78, 5) is 4.51. The Morgan fingerprint density at radius 3 is 2.80 bits per heavy atom. The quantitative estimate of drug-likeness (QED) is 0.791. The van der Waals surface area contributed by atoms with Gasteiger partial charge in [0.1, 0.15) is 17.4 Å². The second-order valence-electron chi connectivity index (χ2n) is 4.75. The van der Waals surface area contributed by atoms with Gasteiger partial charge in [0.25, 0.3) is 0 Å². The summed E-state index contributed by atoms with van der Waals surface area (Å²) in [6.07, 6.45) is 0.610. The first-order valence-electron chi connectivity index (χ1n) is 6.60. The standard InChI is InChI=1S/C16H15FN2O/c1-2-19-15-7-6-12(17)10-14(15)18-16(19)9-11-4-3-5-13(20)8-11/h3-8,10,20H,2,9H2,1H3. The Kier molecular flexibility index (Phi) is 3.14. The van der Waals surface area contributed by atoms with E-state index in [0.717, 1.165) is 23.4 Å². The van der Waals surface area contributed by atoms with Crippen molar-refractivity contribution in [2.75, 3.05) is 0 Å². The number of benzene rings is 2. The number of aryl methyl sites for hydroxylation is 1. The van der Waals surface area contributed by atoms with E-state index in [2.05, 4.69) is 9.55 Å². The summed E-state index contributed by atoms with van der Waals surface area (Å²) in [5, 5.41) is 9.52. The van der Waals surface area contributed by atoms with Crippen LogP contribution >= 0.6 is 0 Å². The highest BCUT2D eigenvalue weighted by molar-refractivity contribution is 5.76.